The topological polar surface area (TPSA) is 39.3 Å². The molecule has 0 bridgehead atoms. The summed E-state index contributed by atoms with van der Waals surface area (Å²) in [6, 6.07) is 14.2. The van der Waals surface area contributed by atoms with Gasteiger partial charge >= 0.3 is 0 Å². The monoisotopic (exact) mass is 398 g/mol. The van der Waals surface area contributed by atoms with Gasteiger partial charge in [-0.25, -0.2) is 0 Å². The molecule has 0 amide bonds. The van der Waals surface area contributed by atoms with Crippen molar-refractivity contribution in [2.75, 3.05) is 6.54 Å². The minimum atomic E-state index is 0.322. The molecule has 0 saturated carbocycles. The molecule has 4 aromatic rings. The second kappa shape index (κ2) is 9.74. The van der Waals surface area contributed by atoms with Crippen LogP contribution in [-0.2, 0) is 19.5 Å². The lowest BCUT2D eigenvalue weighted by molar-refractivity contribution is 0.265. The molecule has 3 heterocycles. The summed E-state index contributed by atoms with van der Waals surface area (Å²) in [6.45, 7) is 6.94. The zero-order valence-electron chi connectivity index (χ0n) is 15.8. The first-order chi connectivity index (χ1) is 13.3. The van der Waals surface area contributed by atoms with Crippen molar-refractivity contribution < 1.29 is 5.11 Å². The summed E-state index contributed by atoms with van der Waals surface area (Å²) >= 11 is 3.63. The average Bonchev–Trinajstić information content (AvgIpc) is 3.44. The minimum Gasteiger partial charge on any atom is -0.508 e. The van der Waals surface area contributed by atoms with E-state index in [4.69, 9.17) is 0 Å². The lowest BCUT2D eigenvalue weighted by Gasteiger charge is -2.21. The number of benzene rings is 1. The van der Waals surface area contributed by atoms with Gasteiger partial charge in [0.05, 0.1) is 0 Å². The Hall–Kier alpha value is -2.08. The lowest BCUT2D eigenvalue weighted by atomic mass is 10.1. The number of nitrogens with zero attached hydrogens (tertiary/aromatic N) is 1. The maximum absolute atomic E-state index is 9.77. The van der Waals surface area contributed by atoms with Crippen LogP contribution in [0, 0.1) is 0 Å². The molecule has 0 radical (unpaired) electrons. The minimum absolute atomic E-state index is 0.322. The van der Waals surface area contributed by atoms with Crippen LogP contribution in [0.3, 0.4) is 0 Å². The fraction of sp³-hybridized carbons (Fsp3) is 0.273. The molecule has 3 nitrogen and oxygen atoms in total. The zero-order chi connectivity index (χ0) is 19.1. The van der Waals surface area contributed by atoms with Gasteiger partial charge in [-0.1, -0.05) is 26.0 Å². The van der Waals surface area contributed by atoms with E-state index in [1.54, 1.807) is 6.07 Å². The van der Waals surface area contributed by atoms with Crippen LogP contribution in [0.2, 0.25) is 0 Å². The number of aromatic nitrogens is 1. The number of phenols is 1. The first-order valence-electron chi connectivity index (χ1n) is 9.34. The van der Waals surface area contributed by atoms with E-state index in [9.17, 15) is 5.11 Å². The van der Waals surface area contributed by atoms with Crippen LogP contribution < -0.4 is 0 Å². The Labute approximate surface area is 168 Å². The highest BCUT2D eigenvalue weighted by Crippen LogP contribution is 2.24. The smallest absolute Gasteiger partial charge is 0.116 e. The molecule has 0 aliphatic carbocycles. The SMILES string of the molecule is CC.Oc1ccc2[nH]cc(CCN(Cc3cccs3)Cc3cccs3)c2c1. The standard InChI is InChI=1S/C20H20N2OS2.C2H6/c23-16-5-6-20-19(11-16)15(12-21-20)7-8-22(13-17-3-1-9-24-17)14-18-4-2-10-25-18;1-2/h1-6,9-12,21,23H,7-8,13-14H2;1-2H3. The van der Waals surface area contributed by atoms with Gasteiger partial charge in [0, 0.05) is 46.5 Å². The van der Waals surface area contributed by atoms with E-state index in [1.165, 1.54) is 15.3 Å². The third-order valence-electron chi connectivity index (χ3n) is 4.37. The van der Waals surface area contributed by atoms with Crippen molar-refractivity contribution in [3.8, 4) is 5.75 Å². The number of rotatable bonds is 7. The van der Waals surface area contributed by atoms with Gasteiger partial charge < -0.3 is 10.1 Å². The molecule has 142 valence electrons. The highest BCUT2D eigenvalue weighted by atomic mass is 32.1. The Balaban J connectivity index is 0.00000102. The molecular formula is C22H26N2OS2. The van der Waals surface area contributed by atoms with Crippen molar-refractivity contribution in [3.05, 3.63) is 74.7 Å². The summed E-state index contributed by atoms with van der Waals surface area (Å²) in [5, 5.41) is 15.2. The number of aromatic hydroxyl groups is 1. The van der Waals surface area contributed by atoms with Gasteiger partial charge in [-0.3, -0.25) is 4.90 Å². The third-order valence-corrected chi connectivity index (χ3v) is 6.09. The van der Waals surface area contributed by atoms with Crippen LogP contribution in [-0.4, -0.2) is 21.5 Å². The summed E-state index contributed by atoms with van der Waals surface area (Å²) in [4.78, 5) is 8.60. The molecule has 1 aromatic carbocycles. The molecule has 0 fully saturated rings. The first-order valence-corrected chi connectivity index (χ1v) is 11.1. The molecule has 0 unspecified atom stereocenters. The fourth-order valence-electron chi connectivity index (χ4n) is 3.11. The molecule has 4 rings (SSSR count). The predicted molar refractivity (Wildman–Crippen MR) is 118 cm³/mol. The quantitative estimate of drug-likeness (QED) is 0.385. The van der Waals surface area contributed by atoms with Crippen molar-refractivity contribution in [1.29, 1.82) is 0 Å². The lowest BCUT2D eigenvalue weighted by Crippen LogP contribution is -2.24. The molecule has 0 spiro atoms. The average molecular weight is 399 g/mol. The summed E-state index contributed by atoms with van der Waals surface area (Å²) < 4.78 is 0. The van der Waals surface area contributed by atoms with Crippen LogP contribution in [0.4, 0.5) is 0 Å². The number of hydrogen-bond donors (Lipinski definition) is 2. The molecule has 0 aliphatic heterocycles. The number of fused-ring (bicyclic) bond motifs is 1. The number of hydrogen-bond acceptors (Lipinski definition) is 4. The number of aromatic amines is 1. The summed E-state index contributed by atoms with van der Waals surface area (Å²) in [7, 11) is 0. The van der Waals surface area contributed by atoms with Gasteiger partial charge in [-0.15, -0.1) is 22.7 Å². The Kier molecular flexibility index (Phi) is 7.10. The van der Waals surface area contributed by atoms with Crippen molar-refractivity contribution >= 4 is 33.6 Å². The molecular weight excluding hydrogens is 372 g/mol. The first kappa shape index (κ1) is 19.7. The summed E-state index contributed by atoms with van der Waals surface area (Å²) in [5.74, 6) is 0.322. The van der Waals surface area contributed by atoms with Gasteiger partial charge in [0.1, 0.15) is 5.75 Å². The van der Waals surface area contributed by atoms with E-state index in [-0.39, 0.29) is 0 Å². The van der Waals surface area contributed by atoms with Gasteiger partial charge in [-0.05, 0) is 53.1 Å². The molecule has 3 aromatic heterocycles. The van der Waals surface area contributed by atoms with E-state index in [0.717, 1.165) is 37.0 Å². The number of H-pyrrole nitrogens is 1. The molecule has 0 atom stereocenters. The van der Waals surface area contributed by atoms with E-state index >= 15 is 0 Å². The van der Waals surface area contributed by atoms with Gasteiger partial charge in [0.25, 0.3) is 0 Å². The second-order valence-electron chi connectivity index (χ2n) is 6.16. The van der Waals surface area contributed by atoms with E-state index in [0.29, 0.717) is 5.75 Å². The molecule has 2 N–H and O–H groups in total. The van der Waals surface area contributed by atoms with Crippen LogP contribution >= 0.6 is 22.7 Å². The predicted octanol–water partition coefficient (Wildman–Crippen LogP) is 6.27. The summed E-state index contributed by atoms with van der Waals surface area (Å²) in [5.41, 5.74) is 2.34. The van der Waals surface area contributed by atoms with Crippen LogP contribution in [0.1, 0.15) is 29.2 Å². The van der Waals surface area contributed by atoms with Crippen molar-refractivity contribution in [3.63, 3.8) is 0 Å². The Bertz CT molecular complexity index is 890. The highest BCUT2D eigenvalue weighted by Gasteiger charge is 2.11. The molecule has 0 aliphatic rings. The maximum Gasteiger partial charge on any atom is 0.116 e. The summed E-state index contributed by atoms with van der Waals surface area (Å²) in [6.07, 6.45) is 3.03. The van der Waals surface area contributed by atoms with E-state index in [2.05, 4.69) is 51.1 Å². The van der Waals surface area contributed by atoms with Crippen LogP contribution in [0.25, 0.3) is 10.9 Å². The van der Waals surface area contributed by atoms with Crippen molar-refractivity contribution in [1.82, 2.24) is 9.88 Å². The maximum atomic E-state index is 9.77. The van der Waals surface area contributed by atoms with E-state index < -0.39 is 0 Å². The highest BCUT2D eigenvalue weighted by molar-refractivity contribution is 7.10. The molecule has 0 saturated heterocycles. The van der Waals surface area contributed by atoms with Crippen molar-refractivity contribution in [2.45, 2.75) is 33.4 Å². The molecule has 27 heavy (non-hydrogen) atoms. The normalized spacial score (nSPS) is 10.9. The molecule has 5 heteroatoms. The number of thiophene rings is 2. The second-order valence-corrected chi connectivity index (χ2v) is 8.23. The Morgan fingerprint density at radius 2 is 1.63 bits per heavy atom. The van der Waals surface area contributed by atoms with Crippen molar-refractivity contribution in [2.24, 2.45) is 0 Å². The fourth-order valence-corrected chi connectivity index (χ4v) is 4.60. The van der Waals surface area contributed by atoms with Gasteiger partial charge in [0.15, 0.2) is 0 Å². The largest absolute Gasteiger partial charge is 0.508 e. The number of phenolic OH excluding ortho intramolecular Hbond substituents is 1. The van der Waals surface area contributed by atoms with Gasteiger partial charge in [-0.2, -0.15) is 0 Å². The Morgan fingerprint density at radius 3 is 2.22 bits per heavy atom. The van der Waals surface area contributed by atoms with Gasteiger partial charge in [0.2, 0.25) is 0 Å². The van der Waals surface area contributed by atoms with Crippen LogP contribution in [0.15, 0.2) is 59.4 Å². The van der Waals surface area contributed by atoms with Crippen LogP contribution in [0.5, 0.6) is 5.75 Å². The van der Waals surface area contributed by atoms with E-state index in [1.807, 2.05) is 48.7 Å². The number of nitrogens with one attached hydrogen (secondary N) is 1. The Morgan fingerprint density at radius 1 is 0.963 bits per heavy atom. The zero-order valence-corrected chi connectivity index (χ0v) is 17.4. The third kappa shape index (κ3) is 5.22.